The normalized spacial score (nSPS) is 9.86. The fraction of sp³-hybridized carbons (Fsp3) is 0.143. The third-order valence-corrected chi connectivity index (χ3v) is 3.58. The van der Waals surface area contributed by atoms with Gasteiger partial charge >= 0.3 is 0 Å². The molecule has 1 aromatic heterocycles. The summed E-state index contributed by atoms with van der Waals surface area (Å²) in [6.07, 6.45) is 1.89. The van der Waals surface area contributed by atoms with Crippen molar-refractivity contribution >= 4 is 34.0 Å². The number of aliphatic hydroxyl groups is 1. The van der Waals surface area contributed by atoms with Gasteiger partial charge in [-0.25, -0.2) is 9.37 Å². The predicted octanol–water partition coefficient (Wildman–Crippen LogP) is 2.92. The summed E-state index contributed by atoms with van der Waals surface area (Å²) >= 11 is 6.93. The molecule has 2 N–H and O–H groups in total. The van der Waals surface area contributed by atoms with Gasteiger partial charge < -0.3 is 5.11 Å². The Morgan fingerprint density at radius 3 is 3.10 bits per heavy atom. The van der Waals surface area contributed by atoms with Crippen molar-refractivity contribution in [2.45, 2.75) is 6.42 Å². The van der Waals surface area contributed by atoms with Gasteiger partial charge in [0, 0.05) is 6.42 Å². The number of rotatable bonds is 3. The van der Waals surface area contributed by atoms with Gasteiger partial charge in [-0.2, -0.15) is 0 Å². The maximum Gasteiger partial charge on any atom is 0.259 e. The number of hydrogen-bond acceptors (Lipinski definition) is 4. The molecule has 0 fully saturated rings. The fourth-order valence-corrected chi connectivity index (χ4v) is 2.34. The number of nitrogens with zero attached hydrogens (tertiary/aromatic N) is 1. The van der Waals surface area contributed by atoms with Crippen LogP contribution < -0.4 is 5.32 Å². The number of carbonyl (C=O) groups excluding carboxylic acids is 1. The first-order valence-electron chi connectivity index (χ1n) is 5.92. The van der Waals surface area contributed by atoms with Gasteiger partial charge in [-0.15, -0.1) is 0 Å². The first-order chi connectivity index (χ1) is 10.1. The van der Waals surface area contributed by atoms with Gasteiger partial charge in [0.15, 0.2) is 5.13 Å². The highest BCUT2D eigenvalue weighted by atomic mass is 35.5. The fourth-order valence-electron chi connectivity index (χ4n) is 1.44. The molecule has 0 saturated heterocycles. The van der Waals surface area contributed by atoms with Crippen LogP contribution in [0.5, 0.6) is 0 Å². The van der Waals surface area contributed by atoms with Crippen molar-refractivity contribution in [1.29, 1.82) is 0 Å². The van der Waals surface area contributed by atoms with Crippen LogP contribution in [0.3, 0.4) is 0 Å². The lowest BCUT2D eigenvalue weighted by Crippen LogP contribution is -2.12. The average Bonchev–Trinajstić information content (AvgIpc) is 2.89. The predicted molar refractivity (Wildman–Crippen MR) is 80.1 cm³/mol. The molecule has 4 nitrogen and oxygen atoms in total. The second-order valence-electron chi connectivity index (χ2n) is 3.86. The van der Waals surface area contributed by atoms with E-state index < -0.39 is 11.7 Å². The molecule has 1 amide bonds. The lowest BCUT2D eigenvalue weighted by molar-refractivity contribution is 0.102. The summed E-state index contributed by atoms with van der Waals surface area (Å²) in [5, 5.41) is 11.3. The van der Waals surface area contributed by atoms with Gasteiger partial charge in [0.1, 0.15) is 5.82 Å². The van der Waals surface area contributed by atoms with Gasteiger partial charge in [-0.1, -0.05) is 40.8 Å². The highest BCUT2D eigenvalue weighted by Gasteiger charge is 2.14. The Morgan fingerprint density at radius 2 is 2.33 bits per heavy atom. The Kier molecular flexibility index (Phi) is 5.28. The standard InChI is InChI=1S/C14H10ClFN2O2S/c15-12-10(5-3-6-11(12)16)13(20)18-14-17-8-9(21-14)4-1-2-7-19/h3,5-6,8,19H,2,7H2,(H,17,18,20). The quantitative estimate of drug-likeness (QED) is 0.853. The SMILES string of the molecule is O=C(Nc1ncc(C#CCCO)s1)c1cccc(F)c1Cl. The van der Waals surface area contributed by atoms with E-state index in [9.17, 15) is 9.18 Å². The topological polar surface area (TPSA) is 62.2 Å². The number of carbonyl (C=O) groups is 1. The molecule has 0 bridgehead atoms. The minimum atomic E-state index is -0.654. The van der Waals surface area contributed by atoms with Crippen LogP contribution in [-0.2, 0) is 0 Å². The van der Waals surface area contributed by atoms with Gasteiger partial charge in [-0.3, -0.25) is 10.1 Å². The third kappa shape index (κ3) is 4.02. The Morgan fingerprint density at radius 1 is 1.52 bits per heavy atom. The Bertz CT molecular complexity index is 721. The summed E-state index contributed by atoms with van der Waals surface area (Å²) in [7, 11) is 0. The van der Waals surface area contributed by atoms with Crippen molar-refractivity contribution in [2.24, 2.45) is 0 Å². The molecule has 7 heteroatoms. The zero-order valence-corrected chi connectivity index (χ0v) is 12.3. The van der Waals surface area contributed by atoms with Crippen LogP contribution in [0.4, 0.5) is 9.52 Å². The van der Waals surface area contributed by atoms with E-state index in [0.717, 1.165) is 0 Å². The molecule has 0 aliphatic rings. The number of nitrogens with one attached hydrogen (secondary N) is 1. The second-order valence-corrected chi connectivity index (χ2v) is 5.27. The van der Waals surface area contributed by atoms with Crippen molar-refractivity contribution < 1.29 is 14.3 Å². The average molecular weight is 325 g/mol. The summed E-state index contributed by atoms with van der Waals surface area (Å²) in [6, 6.07) is 4.01. The first-order valence-corrected chi connectivity index (χ1v) is 7.12. The number of hydrogen-bond donors (Lipinski definition) is 2. The highest BCUT2D eigenvalue weighted by molar-refractivity contribution is 7.16. The molecular formula is C14H10ClFN2O2S. The monoisotopic (exact) mass is 324 g/mol. The number of anilines is 1. The molecule has 0 aliphatic heterocycles. The Balaban J connectivity index is 2.10. The summed E-state index contributed by atoms with van der Waals surface area (Å²) in [5.74, 6) is 4.37. The Hall–Kier alpha value is -1.94. The molecule has 0 atom stereocenters. The molecule has 1 aromatic carbocycles. The van der Waals surface area contributed by atoms with Crippen LogP contribution in [-0.4, -0.2) is 22.6 Å². The maximum absolute atomic E-state index is 13.3. The summed E-state index contributed by atoms with van der Waals surface area (Å²) in [5.41, 5.74) is 0.0415. The molecule has 0 saturated carbocycles. The van der Waals surface area contributed by atoms with E-state index in [4.69, 9.17) is 16.7 Å². The zero-order chi connectivity index (χ0) is 15.2. The van der Waals surface area contributed by atoms with E-state index in [1.165, 1.54) is 35.7 Å². The maximum atomic E-state index is 13.3. The third-order valence-electron chi connectivity index (χ3n) is 2.37. The van der Waals surface area contributed by atoms with Gasteiger partial charge in [0.2, 0.25) is 0 Å². The van der Waals surface area contributed by atoms with E-state index >= 15 is 0 Å². The van der Waals surface area contributed by atoms with E-state index in [2.05, 4.69) is 22.1 Å². The lowest BCUT2D eigenvalue weighted by atomic mass is 10.2. The van der Waals surface area contributed by atoms with Crippen LogP contribution in [0.2, 0.25) is 5.02 Å². The number of halogens is 2. The van der Waals surface area contributed by atoms with Crippen LogP contribution in [0.15, 0.2) is 24.4 Å². The Labute approximate surface area is 129 Å². The molecule has 2 rings (SSSR count). The van der Waals surface area contributed by atoms with Crippen molar-refractivity contribution in [1.82, 2.24) is 4.98 Å². The van der Waals surface area contributed by atoms with Crippen LogP contribution in [0, 0.1) is 17.7 Å². The number of amides is 1. The molecule has 2 aromatic rings. The molecular weight excluding hydrogens is 315 g/mol. The van der Waals surface area contributed by atoms with E-state index in [0.29, 0.717) is 16.4 Å². The van der Waals surface area contributed by atoms with E-state index in [1.807, 2.05) is 0 Å². The lowest BCUT2D eigenvalue weighted by Gasteiger charge is -2.04. The van der Waals surface area contributed by atoms with Gasteiger partial charge in [-0.05, 0) is 12.1 Å². The minimum Gasteiger partial charge on any atom is -0.395 e. The molecule has 0 unspecified atom stereocenters. The minimum absolute atomic E-state index is 0.00648. The van der Waals surface area contributed by atoms with Crippen molar-refractivity contribution in [3.8, 4) is 11.8 Å². The van der Waals surface area contributed by atoms with E-state index in [-0.39, 0.29) is 17.2 Å². The smallest absolute Gasteiger partial charge is 0.259 e. The molecule has 0 aliphatic carbocycles. The molecule has 108 valence electrons. The van der Waals surface area contributed by atoms with Crippen molar-refractivity contribution in [3.63, 3.8) is 0 Å². The zero-order valence-electron chi connectivity index (χ0n) is 10.7. The number of benzene rings is 1. The summed E-state index contributed by atoms with van der Waals surface area (Å²) in [6.45, 7) is -0.00648. The van der Waals surface area contributed by atoms with Crippen LogP contribution >= 0.6 is 22.9 Å². The van der Waals surface area contributed by atoms with Crippen molar-refractivity contribution in [2.75, 3.05) is 11.9 Å². The molecule has 1 heterocycles. The number of aromatic nitrogens is 1. The molecule has 0 radical (unpaired) electrons. The van der Waals surface area contributed by atoms with Crippen molar-refractivity contribution in [3.05, 3.63) is 45.7 Å². The first kappa shape index (κ1) is 15.4. The van der Waals surface area contributed by atoms with Gasteiger partial charge in [0.05, 0.1) is 28.3 Å². The van der Waals surface area contributed by atoms with Crippen LogP contribution in [0.1, 0.15) is 21.7 Å². The van der Waals surface area contributed by atoms with Crippen LogP contribution in [0.25, 0.3) is 0 Å². The second kappa shape index (κ2) is 7.18. The number of aliphatic hydroxyl groups excluding tert-OH is 1. The van der Waals surface area contributed by atoms with E-state index in [1.54, 1.807) is 0 Å². The van der Waals surface area contributed by atoms with Gasteiger partial charge in [0.25, 0.3) is 5.91 Å². The molecule has 0 spiro atoms. The molecule has 21 heavy (non-hydrogen) atoms. The summed E-state index contributed by atoms with van der Waals surface area (Å²) < 4.78 is 13.3. The largest absolute Gasteiger partial charge is 0.395 e. The summed E-state index contributed by atoms with van der Waals surface area (Å²) in [4.78, 5) is 16.6. The number of thiazole rings is 1. The highest BCUT2D eigenvalue weighted by Crippen LogP contribution is 2.22.